The quantitative estimate of drug-likeness (QED) is 0.776. The maximum atomic E-state index is 12.9. The van der Waals surface area contributed by atoms with E-state index in [4.69, 9.17) is 21.3 Å². The zero-order valence-corrected chi connectivity index (χ0v) is 17.6. The lowest BCUT2D eigenvalue weighted by Crippen LogP contribution is -2.59. The van der Waals surface area contributed by atoms with Crippen LogP contribution >= 0.6 is 11.6 Å². The highest BCUT2D eigenvalue weighted by Crippen LogP contribution is 2.39. The molecule has 0 saturated heterocycles. The molecule has 1 aromatic heterocycles. The van der Waals surface area contributed by atoms with Crippen molar-refractivity contribution < 1.29 is 9.53 Å². The van der Waals surface area contributed by atoms with Crippen molar-refractivity contribution in [2.45, 2.75) is 38.6 Å². The predicted molar refractivity (Wildman–Crippen MR) is 114 cm³/mol. The number of carbonyl (C=O) groups is 1. The van der Waals surface area contributed by atoms with Crippen molar-refractivity contribution in [3.05, 3.63) is 29.4 Å². The molecule has 0 atom stereocenters. The lowest BCUT2D eigenvalue weighted by atomic mass is 10.2. The van der Waals surface area contributed by atoms with E-state index in [1.165, 1.54) is 0 Å². The highest BCUT2D eigenvalue weighted by Gasteiger charge is 2.39. The first kappa shape index (κ1) is 19.6. The van der Waals surface area contributed by atoms with Crippen LogP contribution in [0, 0.1) is 0 Å². The number of urea groups is 1. The summed E-state index contributed by atoms with van der Waals surface area (Å²) in [6, 6.07) is 5.52. The number of benzene rings is 1. The molecule has 1 aliphatic heterocycles. The number of carbonyl (C=O) groups excluding carboxylic acids is 1. The summed E-state index contributed by atoms with van der Waals surface area (Å²) < 4.78 is 5.40. The zero-order chi connectivity index (χ0) is 20.5. The number of fused-ring (bicyclic) bond motifs is 1. The number of aromatic nitrogens is 2. The Labute approximate surface area is 175 Å². The van der Waals surface area contributed by atoms with Gasteiger partial charge in [-0.3, -0.25) is 9.91 Å². The number of hydrogen-bond donors (Lipinski definition) is 1. The molecule has 29 heavy (non-hydrogen) atoms. The normalized spacial score (nSPS) is 17.0. The summed E-state index contributed by atoms with van der Waals surface area (Å²) in [5.74, 6) is 1.80. The molecule has 1 fully saturated rings. The molecule has 2 amide bonds. The molecule has 0 radical (unpaired) electrons. The smallest absolute Gasteiger partial charge is 0.343 e. The molecule has 4 rings (SSSR count). The zero-order valence-electron chi connectivity index (χ0n) is 16.9. The van der Waals surface area contributed by atoms with Crippen LogP contribution in [0.5, 0.6) is 5.75 Å². The van der Waals surface area contributed by atoms with E-state index in [9.17, 15) is 4.79 Å². The minimum absolute atomic E-state index is 0.0623. The van der Waals surface area contributed by atoms with Crippen molar-refractivity contribution in [1.82, 2.24) is 15.0 Å². The van der Waals surface area contributed by atoms with Gasteiger partial charge in [-0.2, -0.15) is 4.98 Å². The van der Waals surface area contributed by atoms with Gasteiger partial charge in [-0.05, 0) is 38.0 Å². The number of methoxy groups -OCH3 is 1. The van der Waals surface area contributed by atoms with Crippen LogP contribution in [0.2, 0.25) is 5.02 Å². The van der Waals surface area contributed by atoms with E-state index in [2.05, 4.69) is 15.3 Å². The van der Waals surface area contributed by atoms with Crippen molar-refractivity contribution in [3.63, 3.8) is 0 Å². The van der Waals surface area contributed by atoms with Gasteiger partial charge in [-0.15, -0.1) is 0 Å². The van der Waals surface area contributed by atoms with Gasteiger partial charge in [-0.25, -0.2) is 14.8 Å². The average Bonchev–Trinajstić information content (AvgIpc) is 3.25. The van der Waals surface area contributed by atoms with E-state index in [0.717, 1.165) is 31.5 Å². The SMILES string of the molecule is CCN1C(=O)N(C)c2cnc(Nc3cc(Cl)ccc3OC)nc2N1C1CCCC1. The molecular formula is C20H25ClN6O2. The van der Waals surface area contributed by atoms with Crippen molar-refractivity contribution in [3.8, 4) is 5.75 Å². The first-order valence-electron chi connectivity index (χ1n) is 9.85. The number of rotatable bonds is 5. The van der Waals surface area contributed by atoms with E-state index in [1.807, 2.05) is 6.92 Å². The van der Waals surface area contributed by atoms with Gasteiger partial charge >= 0.3 is 6.03 Å². The third-order valence-electron chi connectivity index (χ3n) is 5.47. The number of hydrazine groups is 1. The Morgan fingerprint density at radius 3 is 2.76 bits per heavy atom. The molecule has 1 saturated carbocycles. The average molecular weight is 417 g/mol. The lowest BCUT2D eigenvalue weighted by molar-refractivity contribution is 0.191. The van der Waals surface area contributed by atoms with E-state index in [1.54, 1.807) is 48.5 Å². The molecule has 1 aliphatic carbocycles. The Kier molecular flexibility index (Phi) is 5.36. The Hall–Kier alpha value is -2.74. The van der Waals surface area contributed by atoms with Gasteiger partial charge in [0.25, 0.3) is 0 Å². The van der Waals surface area contributed by atoms with Crippen molar-refractivity contribution >= 4 is 40.8 Å². The second-order valence-electron chi connectivity index (χ2n) is 7.21. The fourth-order valence-corrected chi connectivity index (χ4v) is 4.19. The van der Waals surface area contributed by atoms with E-state index in [0.29, 0.717) is 34.6 Å². The highest BCUT2D eigenvalue weighted by atomic mass is 35.5. The van der Waals surface area contributed by atoms with Crippen molar-refractivity contribution in [2.24, 2.45) is 0 Å². The van der Waals surface area contributed by atoms with Gasteiger partial charge in [-0.1, -0.05) is 24.4 Å². The molecule has 1 N–H and O–H groups in total. The molecule has 2 aliphatic rings. The summed E-state index contributed by atoms with van der Waals surface area (Å²) in [7, 11) is 3.36. The Balaban J connectivity index is 1.75. The molecule has 9 heteroatoms. The number of halogens is 1. The highest BCUT2D eigenvalue weighted by molar-refractivity contribution is 6.31. The minimum atomic E-state index is -0.0623. The summed E-state index contributed by atoms with van der Waals surface area (Å²) in [4.78, 5) is 23.7. The molecule has 154 valence electrons. The van der Waals surface area contributed by atoms with Crippen LogP contribution < -0.4 is 20.0 Å². The van der Waals surface area contributed by atoms with Crippen LogP contribution in [0.15, 0.2) is 24.4 Å². The summed E-state index contributed by atoms with van der Waals surface area (Å²) in [6.45, 7) is 2.56. The number of ether oxygens (including phenoxy) is 1. The summed E-state index contributed by atoms with van der Waals surface area (Å²) in [5, 5.41) is 7.62. The molecule has 8 nitrogen and oxygen atoms in total. The lowest BCUT2D eigenvalue weighted by Gasteiger charge is -2.45. The summed E-state index contributed by atoms with van der Waals surface area (Å²) >= 11 is 6.14. The van der Waals surface area contributed by atoms with Crippen LogP contribution in [0.3, 0.4) is 0 Å². The molecular weight excluding hydrogens is 392 g/mol. The van der Waals surface area contributed by atoms with Crippen molar-refractivity contribution in [1.29, 1.82) is 0 Å². The molecule has 2 aromatic rings. The standard InChI is InChI=1S/C20H25ClN6O2/c1-4-26-20(28)25(2)16-12-22-19(23-15-11-13(21)9-10-17(15)29-3)24-18(16)27(26)14-7-5-6-8-14/h9-12,14H,4-8H2,1-3H3,(H,22,23,24). The fourth-order valence-electron chi connectivity index (χ4n) is 4.02. The van der Waals surface area contributed by atoms with Crippen LogP contribution in [0.1, 0.15) is 32.6 Å². The van der Waals surface area contributed by atoms with Crippen LogP contribution in [-0.2, 0) is 0 Å². The summed E-state index contributed by atoms with van der Waals surface area (Å²) in [6.07, 6.45) is 6.10. The Bertz CT molecular complexity index is 918. The van der Waals surface area contributed by atoms with Crippen LogP contribution in [0.25, 0.3) is 0 Å². The third kappa shape index (κ3) is 3.53. The van der Waals surface area contributed by atoms with Crippen LogP contribution in [-0.4, -0.2) is 47.8 Å². The van der Waals surface area contributed by atoms with E-state index < -0.39 is 0 Å². The maximum Gasteiger partial charge on any atom is 0.343 e. The van der Waals surface area contributed by atoms with E-state index >= 15 is 0 Å². The summed E-state index contributed by atoms with van der Waals surface area (Å²) in [5.41, 5.74) is 1.38. The second kappa shape index (κ2) is 7.94. The molecule has 1 aromatic carbocycles. The third-order valence-corrected chi connectivity index (χ3v) is 5.71. The van der Waals surface area contributed by atoms with Gasteiger partial charge in [0.15, 0.2) is 5.82 Å². The van der Waals surface area contributed by atoms with Crippen LogP contribution in [0.4, 0.5) is 27.9 Å². The molecule has 0 spiro atoms. The van der Waals surface area contributed by atoms with Gasteiger partial charge in [0.2, 0.25) is 5.95 Å². The Morgan fingerprint density at radius 2 is 2.07 bits per heavy atom. The molecule has 2 heterocycles. The van der Waals surface area contributed by atoms with E-state index in [-0.39, 0.29) is 12.1 Å². The maximum absolute atomic E-state index is 12.9. The topological polar surface area (TPSA) is 73.8 Å². The number of amides is 2. The number of anilines is 4. The largest absolute Gasteiger partial charge is 0.495 e. The molecule has 0 bridgehead atoms. The van der Waals surface area contributed by atoms with Gasteiger partial charge in [0, 0.05) is 18.6 Å². The minimum Gasteiger partial charge on any atom is -0.495 e. The van der Waals surface area contributed by atoms with Gasteiger partial charge in [0.05, 0.1) is 25.0 Å². The van der Waals surface area contributed by atoms with Gasteiger partial charge in [0.1, 0.15) is 11.4 Å². The number of nitrogens with zero attached hydrogens (tertiary/aromatic N) is 5. The number of hydrogen-bond acceptors (Lipinski definition) is 6. The predicted octanol–water partition coefficient (Wildman–Crippen LogP) is 4.44. The monoisotopic (exact) mass is 416 g/mol. The van der Waals surface area contributed by atoms with Gasteiger partial charge < -0.3 is 10.1 Å². The molecule has 0 unspecified atom stereocenters. The Morgan fingerprint density at radius 1 is 1.31 bits per heavy atom. The fraction of sp³-hybridized carbons (Fsp3) is 0.450. The number of nitrogens with one attached hydrogen (secondary N) is 1. The second-order valence-corrected chi connectivity index (χ2v) is 7.65. The first-order valence-corrected chi connectivity index (χ1v) is 10.2. The van der Waals surface area contributed by atoms with Crippen molar-refractivity contribution in [2.75, 3.05) is 35.9 Å². The first-order chi connectivity index (χ1) is 14.0.